The predicted octanol–water partition coefficient (Wildman–Crippen LogP) is 3.45. The van der Waals surface area contributed by atoms with Gasteiger partial charge in [0.15, 0.2) is 0 Å². The predicted molar refractivity (Wildman–Crippen MR) is 83.8 cm³/mol. The van der Waals surface area contributed by atoms with Crippen molar-refractivity contribution in [2.45, 2.75) is 25.9 Å². The summed E-state index contributed by atoms with van der Waals surface area (Å²) in [6, 6.07) is 11.5. The average Bonchev–Trinajstić information content (AvgIpc) is 2.99. The highest BCUT2D eigenvalue weighted by atomic mass is 32.1. The molecule has 1 unspecified atom stereocenters. The first-order valence-electron chi connectivity index (χ1n) is 6.90. The lowest BCUT2D eigenvalue weighted by molar-refractivity contribution is -0.137. The molecule has 0 aliphatic carbocycles. The van der Waals surface area contributed by atoms with Crippen molar-refractivity contribution >= 4 is 17.3 Å². The number of benzene rings is 1. The Morgan fingerprint density at radius 3 is 2.81 bits per heavy atom. The SMILES string of the molecule is CCOc1ccccc1CNC(CC(=O)O)c1cccs1. The van der Waals surface area contributed by atoms with Gasteiger partial charge in [0.1, 0.15) is 5.75 Å². The largest absolute Gasteiger partial charge is 0.494 e. The summed E-state index contributed by atoms with van der Waals surface area (Å²) in [6.07, 6.45) is 0.0668. The van der Waals surface area contributed by atoms with E-state index >= 15 is 0 Å². The van der Waals surface area contributed by atoms with Crippen LogP contribution in [0, 0.1) is 0 Å². The zero-order valence-electron chi connectivity index (χ0n) is 11.9. The number of hydrogen-bond donors (Lipinski definition) is 2. The van der Waals surface area contributed by atoms with Crippen molar-refractivity contribution in [3.05, 3.63) is 52.2 Å². The second-order valence-electron chi connectivity index (χ2n) is 4.59. The topological polar surface area (TPSA) is 58.6 Å². The van der Waals surface area contributed by atoms with Gasteiger partial charge in [-0.05, 0) is 24.4 Å². The lowest BCUT2D eigenvalue weighted by Gasteiger charge is -2.17. The van der Waals surface area contributed by atoms with Crippen LogP contribution in [0.1, 0.15) is 29.8 Å². The number of carboxylic acid groups (broad SMARTS) is 1. The maximum atomic E-state index is 11.0. The number of hydrogen-bond acceptors (Lipinski definition) is 4. The van der Waals surface area contributed by atoms with Crippen LogP contribution in [0.15, 0.2) is 41.8 Å². The van der Waals surface area contributed by atoms with Crippen LogP contribution in [0.2, 0.25) is 0 Å². The summed E-state index contributed by atoms with van der Waals surface area (Å²) in [7, 11) is 0. The molecule has 1 aromatic heterocycles. The van der Waals surface area contributed by atoms with Gasteiger partial charge in [-0.15, -0.1) is 11.3 Å². The summed E-state index contributed by atoms with van der Waals surface area (Å²) in [5.74, 6) is 0.0340. The van der Waals surface area contributed by atoms with Crippen molar-refractivity contribution in [3.8, 4) is 5.75 Å². The van der Waals surface area contributed by atoms with Gasteiger partial charge in [-0.25, -0.2) is 0 Å². The molecule has 0 saturated heterocycles. The minimum absolute atomic E-state index is 0.0668. The first-order valence-corrected chi connectivity index (χ1v) is 7.78. The Morgan fingerprint density at radius 2 is 2.14 bits per heavy atom. The molecule has 0 saturated carbocycles. The lowest BCUT2D eigenvalue weighted by atomic mass is 10.1. The van der Waals surface area contributed by atoms with E-state index in [1.54, 1.807) is 11.3 Å². The number of carboxylic acids is 1. The van der Waals surface area contributed by atoms with Gasteiger partial charge < -0.3 is 15.2 Å². The molecule has 0 spiro atoms. The standard InChI is InChI=1S/C16H19NO3S/c1-2-20-14-7-4-3-6-12(14)11-17-13(10-16(18)19)15-8-5-9-21-15/h3-9,13,17H,2,10-11H2,1H3,(H,18,19). The van der Waals surface area contributed by atoms with Crippen LogP contribution in [0.4, 0.5) is 0 Å². The van der Waals surface area contributed by atoms with Gasteiger partial charge in [0.05, 0.1) is 19.1 Å². The number of aliphatic carboxylic acids is 1. The van der Waals surface area contributed by atoms with Crippen LogP contribution < -0.4 is 10.1 Å². The summed E-state index contributed by atoms with van der Waals surface area (Å²) in [5, 5.41) is 14.3. The van der Waals surface area contributed by atoms with Crippen molar-refractivity contribution in [2.24, 2.45) is 0 Å². The number of thiophene rings is 1. The van der Waals surface area contributed by atoms with Gasteiger partial charge >= 0.3 is 5.97 Å². The van der Waals surface area contributed by atoms with Crippen LogP contribution in [-0.4, -0.2) is 17.7 Å². The van der Waals surface area contributed by atoms with E-state index in [-0.39, 0.29) is 12.5 Å². The smallest absolute Gasteiger partial charge is 0.305 e. The molecule has 0 aliphatic rings. The van der Waals surface area contributed by atoms with Crippen LogP contribution >= 0.6 is 11.3 Å². The third-order valence-electron chi connectivity index (χ3n) is 3.08. The third kappa shape index (κ3) is 4.58. The normalized spacial score (nSPS) is 12.0. The van der Waals surface area contributed by atoms with Crippen molar-refractivity contribution in [1.29, 1.82) is 0 Å². The fourth-order valence-electron chi connectivity index (χ4n) is 2.12. The number of carbonyl (C=O) groups is 1. The van der Waals surface area contributed by atoms with E-state index in [1.807, 2.05) is 48.7 Å². The quantitative estimate of drug-likeness (QED) is 0.784. The molecule has 1 heterocycles. The molecule has 1 atom stereocenters. The van der Waals surface area contributed by atoms with Gasteiger partial charge in [-0.1, -0.05) is 24.3 Å². The molecule has 0 radical (unpaired) electrons. The molecule has 112 valence electrons. The van der Waals surface area contributed by atoms with Crippen molar-refractivity contribution in [1.82, 2.24) is 5.32 Å². The van der Waals surface area contributed by atoms with Crippen LogP contribution in [0.25, 0.3) is 0 Å². The van der Waals surface area contributed by atoms with E-state index in [2.05, 4.69) is 5.32 Å². The Labute approximate surface area is 128 Å². The van der Waals surface area contributed by atoms with E-state index in [0.717, 1.165) is 16.2 Å². The highest BCUT2D eigenvalue weighted by Gasteiger charge is 2.16. The Kier molecular flexibility index (Phi) is 5.78. The molecule has 5 heteroatoms. The average molecular weight is 305 g/mol. The summed E-state index contributed by atoms with van der Waals surface area (Å²) in [6.45, 7) is 3.13. The Bertz CT molecular complexity index is 569. The van der Waals surface area contributed by atoms with Crippen molar-refractivity contribution in [3.63, 3.8) is 0 Å². The minimum Gasteiger partial charge on any atom is -0.494 e. The highest BCUT2D eigenvalue weighted by molar-refractivity contribution is 7.10. The molecule has 0 amide bonds. The molecule has 2 rings (SSSR count). The van der Waals surface area contributed by atoms with E-state index in [4.69, 9.17) is 9.84 Å². The molecular weight excluding hydrogens is 286 g/mol. The van der Waals surface area contributed by atoms with Gasteiger partial charge in [0.2, 0.25) is 0 Å². The van der Waals surface area contributed by atoms with Crippen LogP contribution in [0.3, 0.4) is 0 Å². The summed E-state index contributed by atoms with van der Waals surface area (Å²) < 4.78 is 5.59. The molecule has 1 aromatic carbocycles. The second kappa shape index (κ2) is 7.81. The number of nitrogens with one attached hydrogen (secondary N) is 1. The minimum atomic E-state index is -0.806. The molecule has 2 N–H and O–H groups in total. The second-order valence-corrected chi connectivity index (χ2v) is 5.57. The summed E-state index contributed by atoms with van der Waals surface area (Å²) >= 11 is 1.57. The maximum Gasteiger partial charge on any atom is 0.305 e. The number of ether oxygens (including phenoxy) is 1. The zero-order valence-corrected chi connectivity index (χ0v) is 12.7. The van der Waals surface area contributed by atoms with Crippen LogP contribution in [0.5, 0.6) is 5.75 Å². The zero-order chi connectivity index (χ0) is 15.1. The molecule has 2 aromatic rings. The van der Waals surface area contributed by atoms with Gasteiger partial charge in [-0.2, -0.15) is 0 Å². The monoisotopic (exact) mass is 305 g/mol. The maximum absolute atomic E-state index is 11.0. The number of para-hydroxylation sites is 1. The first kappa shape index (κ1) is 15.5. The number of rotatable bonds is 8. The van der Waals surface area contributed by atoms with E-state index in [1.165, 1.54) is 0 Å². The molecule has 0 fully saturated rings. The third-order valence-corrected chi connectivity index (χ3v) is 4.06. The fraction of sp³-hybridized carbons (Fsp3) is 0.312. The van der Waals surface area contributed by atoms with Gasteiger partial charge in [0.25, 0.3) is 0 Å². The summed E-state index contributed by atoms with van der Waals surface area (Å²) in [4.78, 5) is 12.1. The van der Waals surface area contributed by atoms with E-state index in [9.17, 15) is 4.79 Å². The fourth-order valence-corrected chi connectivity index (χ4v) is 2.92. The Hall–Kier alpha value is -1.85. The Balaban J connectivity index is 2.06. The molecule has 0 bridgehead atoms. The van der Waals surface area contributed by atoms with Crippen molar-refractivity contribution < 1.29 is 14.6 Å². The van der Waals surface area contributed by atoms with Crippen molar-refractivity contribution in [2.75, 3.05) is 6.61 Å². The van der Waals surface area contributed by atoms with Crippen LogP contribution in [-0.2, 0) is 11.3 Å². The highest BCUT2D eigenvalue weighted by Crippen LogP contribution is 2.24. The molecule has 0 aliphatic heterocycles. The molecule has 4 nitrogen and oxygen atoms in total. The van der Waals surface area contributed by atoms with Gasteiger partial charge in [-0.3, -0.25) is 4.79 Å². The summed E-state index contributed by atoms with van der Waals surface area (Å²) in [5.41, 5.74) is 1.03. The Morgan fingerprint density at radius 1 is 1.33 bits per heavy atom. The molecule has 21 heavy (non-hydrogen) atoms. The van der Waals surface area contributed by atoms with Gasteiger partial charge in [0, 0.05) is 17.0 Å². The lowest BCUT2D eigenvalue weighted by Crippen LogP contribution is -2.23. The first-order chi connectivity index (χ1) is 10.2. The van der Waals surface area contributed by atoms with E-state index in [0.29, 0.717) is 13.2 Å². The molecular formula is C16H19NO3S. The van der Waals surface area contributed by atoms with E-state index < -0.39 is 5.97 Å².